The van der Waals surface area contributed by atoms with Crippen LogP contribution in [0.25, 0.3) is 0 Å². The van der Waals surface area contributed by atoms with E-state index in [1.807, 2.05) is 42.5 Å². The molecule has 26 heavy (non-hydrogen) atoms. The van der Waals surface area contributed by atoms with E-state index >= 15 is 0 Å². The molecule has 2 unspecified atom stereocenters. The third-order valence-corrected chi connectivity index (χ3v) is 5.58. The molecule has 1 heterocycles. The Kier molecular flexibility index (Phi) is 6.22. The molecule has 0 amide bonds. The van der Waals surface area contributed by atoms with Crippen molar-refractivity contribution in [1.29, 1.82) is 0 Å². The van der Waals surface area contributed by atoms with Gasteiger partial charge in [-0.15, -0.1) is 0 Å². The highest BCUT2D eigenvalue weighted by Crippen LogP contribution is 2.38. The minimum absolute atomic E-state index is 0.0955. The molecule has 1 aliphatic rings. The van der Waals surface area contributed by atoms with Crippen LogP contribution in [0.15, 0.2) is 46.9 Å². The van der Waals surface area contributed by atoms with Crippen LogP contribution in [0.3, 0.4) is 0 Å². The molecule has 1 aliphatic heterocycles. The third-order valence-electron chi connectivity index (χ3n) is 4.84. The fourth-order valence-corrected chi connectivity index (χ4v) is 4.10. The molecule has 0 bridgehead atoms. The predicted molar refractivity (Wildman–Crippen MR) is 106 cm³/mol. The average Bonchev–Trinajstić information content (AvgIpc) is 2.64. The quantitative estimate of drug-likeness (QED) is 0.714. The molecule has 0 aromatic heterocycles. The van der Waals surface area contributed by atoms with Crippen LogP contribution in [0.4, 0.5) is 0 Å². The van der Waals surface area contributed by atoms with Crippen molar-refractivity contribution in [2.24, 2.45) is 5.92 Å². The first kappa shape index (κ1) is 19.2. The second-order valence-electron chi connectivity index (χ2n) is 6.51. The van der Waals surface area contributed by atoms with E-state index in [0.717, 1.165) is 40.7 Å². The lowest BCUT2D eigenvalue weighted by Gasteiger charge is -2.38. The maximum absolute atomic E-state index is 11.5. The minimum atomic E-state index is -0.731. The van der Waals surface area contributed by atoms with Gasteiger partial charge in [0.1, 0.15) is 5.75 Å². The third kappa shape index (κ3) is 4.22. The van der Waals surface area contributed by atoms with E-state index in [0.29, 0.717) is 11.6 Å². The van der Waals surface area contributed by atoms with Crippen molar-refractivity contribution in [2.45, 2.75) is 18.9 Å². The lowest BCUT2D eigenvalue weighted by atomic mass is 9.91. The van der Waals surface area contributed by atoms with Crippen molar-refractivity contribution in [2.75, 3.05) is 20.2 Å². The highest BCUT2D eigenvalue weighted by atomic mass is 79.9. The minimum Gasteiger partial charge on any atom is -0.496 e. The van der Waals surface area contributed by atoms with Crippen LogP contribution in [0.1, 0.15) is 30.0 Å². The molecular formula is C20H21BrClNO3. The Morgan fingerprint density at radius 3 is 2.69 bits per heavy atom. The van der Waals surface area contributed by atoms with Gasteiger partial charge in [0.2, 0.25) is 0 Å². The molecule has 2 atom stereocenters. The zero-order valence-electron chi connectivity index (χ0n) is 14.5. The fourth-order valence-electron chi connectivity index (χ4n) is 3.59. The van der Waals surface area contributed by atoms with Crippen molar-refractivity contribution in [3.63, 3.8) is 0 Å². The molecule has 0 saturated carbocycles. The van der Waals surface area contributed by atoms with Gasteiger partial charge in [0, 0.05) is 21.6 Å². The monoisotopic (exact) mass is 437 g/mol. The molecule has 1 saturated heterocycles. The van der Waals surface area contributed by atoms with E-state index in [1.165, 1.54) is 0 Å². The normalized spacial score (nSPS) is 19.1. The van der Waals surface area contributed by atoms with Gasteiger partial charge < -0.3 is 9.84 Å². The first-order chi connectivity index (χ1) is 12.5. The number of carboxylic acid groups (broad SMARTS) is 1. The molecule has 0 spiro atoms. The van der Waals surface area contributed by atoms with Gasteiger partial charge in [-0.2, -0.15) is 0 Å². The van der Waals surface area contributed by atoms with Crippen molar-refractivity contribution in [3.8, 4) is 5.75 Å². The lowest BCUT2D eigenvalue weighted by molar-refractivity contribution is -0.143. The Balaban J connectivity index is 2.06. The van der Waals surface area contributed by atoms with Gasteiger partial charge in [0.15, 0.2) is 0 Å². The summed E-state index contributed by atoms with van der Waals surface area (Å²) in [5.74, 6) is -0.298. The SMILES string of the molecule is COc1ccc(Br)cc1C(c1ccc(Cl)cc1)N1CCCC(C(=O)O)C1. The van der Waals surface area contributed by atoms with Gasteiger partial charge in [-0.05, 0) is 55.3 Å². The number of nitrogens with zero attached hydrogens (tertiary/aromatic N) is 1. The number of piperidine rings is 1. The van der Waals surface area contributed by atoms with E-state index in [1.54, 1.807) is 7.11 Å². The summed E-state index contributed by atoms with van der Waals surface area (Å²) in [6.07, 6.45) is 1.58. The first-order valence-electron chi connectivity index (χ1n) is 8.55. The van der Waals surface area contributed by atoms with Crippen LogP contribution >= 0.6 is 27.5 Å². The van der Waals surface area contributed by atoms with Gasteiger partial charge in [-0.1, -0.05) is 39.7 Å². The zero-order chi connectivity index (χ0) is 18.7. The maximum Gasteiger partial charge on any atom is 0.307 e. The number of aliphatic carboxylic acids is 1. The predicted octanol–water partition coefficient (Wildman–Crippen LogP) is 5.00. The standard InChI is InChI=1S/C20H21BrClNO3/c1-26-18-9-6-15(21)11-17(18)19(13-4-7-16(22)8-5-13)23-10-2-3-14(12-23)20(24)25/h4-9,11,14,19H,2-3,10,12H2,1H3,(H,24,25). The van der Waals surface area contributed by atoms with E-state index in [-0.39, 0.29) is 12.0 Å². The average molecular weight is 439 g/mol. The van der Waals surface area contributed by atoms with E-state index in [4.69, 9.17) is 16.3 Å². The number of likely N-dealkylation sites (tertiary alicyclic amines) is 1. The van der Waals surface area contributed by atoms with Gasteiger partial charge in [-0.3, -0.25) is 9.69 Å². The van der Waals surface area contributed by atoms with E-state index < -0.39 is 5.97 Å². The van der Waals surface area contributed by atoms with Crippen molar-refractivity contribution in [1.82, 2.24) is 4.90 Å². The fraction of sp³-hybridized carbons (Fsp3) is 0.350. The maximum atomic E-state index is 11.5. The summed E-state index contributed by atoms with van der Waals surface area (Å²) in [6, 6.07) is 13.6. The Morgan fingerprint density at radius 1 is 1.31 bits per heavy atom. The number of benzene rings is 2. The Labute approximate surface area is 166 Å². The second-order valence-corrected chi connectivity index (χ2v) is 7.86. The molecule has 1 N–H and O–H groups in total. The molecule has 3 rings (SSSR count). The number of rotatable bonds is 5. The Bertz CT molecular complexity index is 781. The number of methoxy groups -OCH3 is 1. The summed E-state index contributed by atoms with van der Waals surface area (Å²) in [5.41, 5.74) is 2.08. The van der Waals surface area contributed by atoms with E-state index in [9.17, 15) is 9.90 Å². The van der Waals surface area contributed by atoms with Gasteiger partial charge in [0.05, 0.1) is 19.1 Å². The molecule has 2 aromatic carbocycles. The number of hydrogen-bond donors (Lipinski definition) is 1. The number of ether oxygens (including phenoxy) is 1. The van der Waals surface area contributed by atoms with Gasteiger partial charge >= 0.3 is 5.97 Å². The van der Waals surface area contributed by atoms with Crippen LogP contribution in [0.5, 0.6) is 5.75 Å². The van der Waals surface area contributed by atoms with Gasteiger partial charge in [-0.25, -0.2) is 0 Å². The summed E-state index contributed by atoms with van der Waals surface area (Å²) in [7, 11) is 1.65. The Hall–Kier alpha value is -1.56. The molecule has 0 radical (unpaired) electrons. The molecule has 0 aliphatic carbocycles. The first-order valence-corrected chi connectivity index (χ1v) is 9.72. The summed E-state index contributed by atoms with van der Waals surface area (Å²) < 4.78 is 6.56. The summed E-state index contributed by atoms with van der Waals surface area (Å²) in [5, 5.41) is 10.2. The van der Waals surface area contributed by atoms with Crippen LogP contribution in [-0.4, -0.2) is 36.2 Å². The highest BCUT2D eigenvalue weighted by Gasteiger charge is 2.32. The molecular weight excluding hydrogens is 418 g/mol. The molecule has 1 fully saturated rings. The van der Waals surface area contributed by atoms with Crippen molar-refractivity contribution < 1.29 is 14.6 Å². The van der Waals surface area contributed by atoms with Crippen molar-refractivity contribution in [3.05, 3.63) is 63.1 Å². The molecule has 138 valence electrons. The number of halogens is 2. The number of carbonyl (C=O) groups is 1. The highest BCUT2D eigenvalue weighted by molar-refractivity contribution is 9.10. The topological polar surface area (TPSA) is 49.8 Å². The zero-order valence-corrected chi connectivity index (χ0v) is 16.8. The van der Waals surface area contributed by atoms with E-state index in [2.05, 4.69) is 20.8 Å². The van der Waals surface area contributed by atoms with Crippen LogP contribution in [-0.2, 0) is 4.79 Å². The molecule has 2 aromatic rings. The lowest BCUT2D eigenvalue weighted by Crippen LogP contribution is -2.41. The molecule has 6 heteroatoms. The number of carboxylic acids is 1. The van der Waals surface area contributed by atoms with Crippen LogP contribution in [0, 0.1) is 5.92 Å². The van der Waals surface area contributed by atoms with Crippen LogP contribution < -0.4 is 4.74 Å². The summed E-state index contributed by atoms with van der Waals surface area (Å²) in [6.45, 7) is 1.35. The number of hydrogen-bond acceptors (Lipinski definition) is 3. The van der Waals surface area contributed by atoms with Gasteiger partial charge in [0.25, 0.3) is 0 Å². The van der Waals surface area contributed by atoms with Crippen molar-refractivity contribution >= 4 is 33.5 Å². The summed E-state index contributed by atoms with van der Waals surface area (Å²) >= 11 is 9.62. The summed E-state index contributed by atoms with van der Waals surface area (Å²) in [4.78, 5) is 13.8. The van der Waals surface area contributed by atoms with Crippen LogP contribution in [0.2, 0.25) is 5.02 Å². The smallest absolute Gasteiger partial charge is 0.307 e. The molecule has 4 nitrogen and oxygen atoms in total. The largest absolute Gasteiger partial charge is 0.496 e. The Morgan fingerprint density at radius 2 is 2.04 bits per heavy atom. The second kappa shape index (κ2) is 8.42.